The van der Waals surface area contributed by atoms with E-state index < -0.39 is 9.05 Å². The van der Waals surface area contributed by atoms with Crippen molar-refractivity contribution in [1.29, 1.82) is 5.26 Å². The SMILES string of the molecule is CCc1cc(S(=O)(=O)Cl)cc(C#N)c1S. The molecule has 0 saturated heterocycles. The Labute approximate surface area is 98.5 Å². The van der Waals surface area contributed by atoms with Gasteiger partial charge in [0.1, 0.15) is 6.07 Å². The Morgan fingerprint density at radius 1 is 1.53 bits per heavy atom. The first-order valence-corrected chi connectivity index (χ1v) is 6.86. The van der Waals surface area contributed by atoms with Crippen LogP contribution < -0.4 is 0 Å². The lowest BCUT2D eigenvalue weighted by Gasteiger charge is -2.06. The summed E-state index contributed by atoms with van der Waals surface area (Å²) < 4.78 is 22.2. The van der Waals surface area contributed by atoms with E-state index in [-0.39, 0.29) is 10.5 Å². The molecule has 3 nitrogen and oxygen atoms in total. The fourth-order valence-electron chi connectivity index (χ4n) is 1.16. The van der Waals surface area contributed by atoms with E-state index in [0.29, 0.717) is 16.9 Å². The lowest BCUT2D eigenvalue weighted by molar-refractivity contribution is 0.609. The molecule has 0 aliphatic rings. The number of aryl methyl sites for hydroxylation is 1. The van der Waals surface area contributed by atoms with Crippen LogP contribution in [0.3, 0.4) is 0 Å². The number of benzene rings is 1. The summed E-state index contributed by atoms with van der Waals surface area (Å²) in [5.41, 5.74) is 0.911. The molecule has 0 fully saturated rings. The smallest absolute Gasteiger partial charge is 0.207 e. The highest BCUT2D eigenvalue weighted by Gasteiger charge is 2.15. The molecule has 1 rings (SSSR count). The van der Waals surface area contributed by atoms with Gasteiger partial charge in [-0.2, -0.15) is 5.26 Å². The molecule has 6 heteroatoms. The summed E-state index contributed by atoms with van der Waals surface area (Å²) in [7, 11) is 1.41. The molecule has 0 spiro atoms. The van der Waals surface area contributed by atoms with Gasteiger partial charge in [0, 0.05) is 15.6 Å². The average Bonchev–Trinajstić information content (AvgIpc) is 2.16. The first kappa shape index (κ1) is 12.4. The second kappa shape index (κ2) is 4.44. The summed E-state index contributed by atoms with van der Waals surface area (Å²) in [6.07, 6.45) is 0.591. The second-order valence-corrected chi connectivity index (χ2v) is 5.89. The van der Waals surface area contributed by atoms with Crippen molar-refractivity contribution < 1.29 is 8.42 Å². The number of thiol groups is 1. The van der Waals surface area contributed by atoms with Gasteiger partial charge in [-0.3, -0.25) is 0 Å². The van der Waals surface area contributed by atoms with Crippen LogP contribution in [-0.2, 0) is 15.5 Å². The summed E-state index contributed by atoms with van der Waals surface area (Å²) in [5, 5.41) is 8.79. The minimum absolute atomic E-state index is 0.0598. The van der Waals surface area contributed by atoms with Gasteiger partial charge in [-0.15, -0.1) is 12.6 Å². The number of hydrogen-bond donors (Lipinski definition) is 1. The van der Waals surface area contributed by atoms with E-state index in [1.165, 1.54) is 12.1 Å². The second-order valence-electron chi connectivity index (χ2n) is 2.88. The van der Waals surface area contributed by atoms with E-state index >= 15 is 0 Å². The van der Waals surface area contributed by atoms with E-state index in [4.69, 9.17) is 15.9 Å². The lowest BCUT2D eigenvalue weighted by atomic mass is 10.1. The zero-order valence-electron chi connectivity index (χ0n) is 7.86. The molecule has 0 bridgehead atoms. The van der Waals surface area contributed by atoms with Crippen molar-refractivity contribution in [3.63, 3.8) is 0 Å². The molecule has 0 aromatic heterocycles. The summed E-state index contributed by atoms with van der Waals surface area (Å²) in [4.78, 5) is 0.444. The number of rotatable bonds is 2. The van der Waals surface area contributed by atoms with Crippen LogP contribution in [0, 0.1) is 11.3 Å². The van der Waals surface area contributed by atoms with Crippen LogP contribution in [-0.4, -0.2) is 8.42 Å². The third kappa shape index (κ3) is 2.65. The van der Waals surface area contributed by atoms with Gasteiger partial charge in [-0.05, 0) is 24.1 Å². The Morgan fingerprint density at radius 3 is 2.53 bits per heavy atom. The normalized spacial score (nSPS) is 11.1. The summed E-state index contributed by atoms with van der Waals surface area (Å²) in [6.45, 7) is 1.85. The predicted octanol–water partition coefficient (Wildman–Crippen LogP) is 2.34. The van der Waals surface area contributed by atoms with Crippen molar-refractivity contribution in [1.82, 2.24) is 0 Å². The molecular weight excluding hydrogens is 254 g/mol. The maximum Gasteiger partial charge on any atom is 0.261 e. The Bertz CT molecular complexity index is 532. The third-order valence-corrected chi connectivity index (χ3v) is 3.81. The predicted molar refractivity (Wildman–Crippen MR) is 60.8 cm³/mol. The van der Waals surface area contributed by atoms with E-state index in [0.717, 1.165) is 0 Å². The van der Waals surface area contributed by atoms with Crippen LogP contribution in [0.1, 0.15) is 18.1 Å². The number of hydrogen-bond acceptors (Lipinski definition) is 4. The zero-order chi connectivity index (χ0) is 11.6. The first-order valence-electron chi connectivity index (χ1n) is 4.10. The Hall–Kier alpha value is -0.700. The zero-order valence-corrected chi connectivity index (χ0v) is 10.3. The molecule has 0 aliphatic heterocycles. The monoisotopic (exact) mass is 261 g/mol. The molecule has 0 saturated carbocycles. The summed E-state index contributed by atoms with van der Waals surface area (Å²) >= 11 is 4.15. The van der Waals surface area contributed by atoms with Gasteiger partial charge in [0.2, 0.25) is 0 Å². The lowest BCUT2D eigenvalue weighted by Crippen LogP contribution is -1.96. The van der Waals surface area contributed by atoms with E-state index in [2.05, 4.69) is 12.6 Å². The minimum Gasteiger partial charge on any atom is -0.207 e. The summed E-state index contributed by atoms with van der Waals surface area (Å²) in [6, 6.07) is 4.55. The van der Waals surface area contributed by atoms with Crippen molar-refractivity contribution in [2.45, 2.75) is 23.1 Å². The maximum atomic E-state index is 11.1. The van der Waals surface area contributed by atoms with E-state index in [9.17, 15) is 8.42 Å². The molecule has 0 unspecified atom stereocenters. The largest absolute Gasteiger partial charge is 0.261 e. The Morgan fingerprint density at radius 2 is 2.13 bits per heavy atom. The van der Waals surface area contributed by atoms with Crippen LogP contribution in [0.4, 0.5) is 0 Å². The maximum absolute atomic E-state index is 11.1. The molecule has 1 aromatic rings. The van der Waals surface area contributed by atoms with Gasteiger partial charge >= 0.3 is 0 Å². The van der Waals surface area contributed by atoms with Crippen molar-refractivity contribution in [3.05, 3.63) is 23.3 Å². The van der Waals surface area contributed by atoms with Crippen LogP contribution in [0.25, 0.3) is 0 Å². The molecule has 0 aliphatic carbocycles. The standard InChI is InChI=1S/C9H8ClNO2S2/c1-2-6-3-8(15(10,12)13)4-7(5-11)9(6)14/h3-4,14H,2H2,1H3. The number of halogens is 1. The first-order chi connectivity index (χ1) is 6.90. The van der Waals surface area contributed by atoms with Crippen LogP contribution in [0.15, 0.2) is 21.9 Å². The van der Waals surface area contributed by atoms with E-state index in [1.54, 1.807) is 0 Å². The van der Waals surface area contributed by atoms with Crippen LogP contribution in [0.5, 0.6) is 0 Å². The molecule has 0 N–H and O–H groups in total. The van der Waals surface area contributed by atoms with Gasteiger partial charge in [-0.25, -0.2) is 8.42 Å². The molecule has 0 atom stereocenters. The van der Waals surface area contributed by atoms with Crippen molar-refractivity contribution in [3.8, 4) is 6.07 Å². The third-order valence-electron chi connectivity index (χ3n) is 1.95. The number of nitrogens with zero attached hydrogens (tertiary/aromatic N) is 1. The van der Waals surface area contributed by atoms with Crippen LogP contribution >= 0.6 is 23.3 Å². The topological polar surface area (TPSA) is 57.9 Å². The highest BCUT2D eigenvalue weighted by Crippen LogP contribution is 2.25. The Kier molecular flexibility index (Phi) is 3.66. The highest BCUT2D eigenvalue weighted by molar-refractivity contribution is 8.13. The van der Waals surface area contributed by atoms with Crippen molar-refractivity contribution in [2.24, 2.45) is 0 Å². The van der Waals surface area contributed by atoms with Gasteiger partial charge in [0.15, 0.2) is 0 Å². The fraction of sp³-hybridized carbons (Fsp3) is 0.222. The molecule has 0 radical (unpaired) electrons. The van der Waals surface area contributed by atoms with E-state index in [1.807, 2.05) is 13.0 Å². The fourth-order valence-corrected chi connectivity index (χ4v) is 2.31. The molecule has 80 valence electrons. The Balaban J connectivity index is 3.56. The minimum atomic E-state index is -3.80. The van der Waals surface area contributed by atoms with Gasteiger partial charge < -0.3 is 0 Å². The molecule has 15 heavy (non-hydrogen) atoms. The molecule has 0 amide bonds. The highest BCUT2D eigenvalue weighted by atomic mass is 35.7. The number of nitriles is 1. The molecule has 1 aromatic carbocycles. The molecular formula is C9H8ClNO2S2. The van der Waals surface area contributed by atoms with Crippen LogP contribution in [0.2, 0.25) is 0 Å². The summed E-state index contributed by atoms with van der Waals surface area (Å²) in [5.74, 6) is 0. The van der Waals surface area contributed by atoms with Crippen molar-refractivity contribution in [2.75, 3.05) is 0 Å². The average molecular weight is 262 g/mol. The van der Waals surface area contributed by atoms with Crippen molar-refractivity contribution >= 4 is 32.4 Å². The van der Waals surface area contributed by atoms with Gasteiger partial charge in [-0.1, -0.05) is 6.92 Å². The van der Waals surface area contributed by atoms with Gasteiger partial charge in [0.05, 0.1) is 10.5 Å². The quantitative estimate of drug-likeness (QED) is 0.657. The molecule has 0 heterocycles. The van der Waals surface area contributed by atoms with Gasteiger partial charge in [0.25, 0.3) is 9.05 Å².